The second-order valence-corrected chi connectivity index (χ2v) is 1.08. The van der Waals surface area contributed by atoms with E-state index in [0.717, 1.165) is 0 Å². The van der Waals surface area contributed by atoms with Crippen molar-refractivity contribution in [3.8, 4) is 6.07 Å². The smallest absolute Gasteiger partial charge is 0.0635 e. The van der Waals surface area contributed by atoms with Gasteiger partial charge in [-0.2, -0.15) is 5.26 Å². The first-order chi connectivity index (χ1) is 3.41. The Morgan fingerprint density at radius 3 is 2.86 bits per heavy atom. The summed E-state index contributed by atoms with van der Waals surface area (Å²) >= 11 is 0. The van der Waals surface area contributed by atoms with Crippen LogP contribution in [0.5, 0.6) is 0 Å². The molecule has 3 heteroatoms. The lowest BCUT2D eigenvalue weighted by molar-refractivity contribution is 0.605. The van der Waals surface area contributed by atoms with Crippen molar-refractivity contribution >= 4 is 0 Å². The minimum Gasteiger partial charge on any atom is -0.261 e. The fourth-order valence-corrected chi connectivity index (χ4v) is 0.243. The van der Waals surface area contributed by atoms with Gasteiger partial charge in [-0.1, -0.05) is 0 Å². The highest BCUT2D eigenvalue weighted by Crippen LogP contribution is 1.63. The third kappa shape index (κ3) is 5.41. The van der Waals surface area contributed by atoms with Crippen LogP contribution in [-0.2, 0) is 0 Å². The third-order valence-corrected chi connectivity index (χ3v) is 0.539. The summed E-state index contributed by atoms with van der Waals surface area (Å²) in [5.41, 5.74) is 5.48. The van der Waals surface area contributed by atoms with Gasteiger partial charge in [0.25, 0.3) is 0 Å². The van der Waals surface area contributed by atoms with Crippen LogP contribution in [-0.4, -0.2) is 13.6 Å². The summed E-state index contributed by atoms with van der Waals surface area (Å²) in [7, 11) is 1.78. The Morgan fingerprint density at radius 2 is 2.43 bits per heavy atom. The van der Waals surface area contributed by atoms with Crippen LogP contribution in [0.3, 0.4) is 0 Å². The molecule has 0 radical (unpaired) electrons. The van der Waals surface area contributed by atoms with Crippen molar-refractivity contribution in [3.05, 3.63) is 0 Å². The Balaban J connectivity index is 2.60. The lowest BCUT2D eigenvalue weighted by Gasteiger charge is -1.93. The summed E-state index contributed by atoms with van der Waals surface area (Å²) in [6, 6.07) is 2.00. The molecule has 0 spiro atoms. The molecule has 0 aliphatic heterocycles. The lowest BCUT2D eigenvalue weighted by atomic mass is 10.5. The van der Waals surface area contributed by atoms with Crippen molar-refractivity contribution in [3.63, 3.8) is 0 Å². The Kier molecular flexibility index (Phi) is 4.95. The van der Waals surface area contributed by atoms with Gasteiger partial charge >= 0.3 is 0 Å². The van der Waals surface area contributed by atoms with E-state index in [1.165, 1.54) is 0 Å². The zero-order valence-corrected chi connectivity index (χ0v) is 4.36. The number of rotatable bonds is 3. The van der Waals surface area contributed by atoms with Crippen molar-refractivity contribution in [2.45, 2.75) is 6.42 Å². The lowest BCUT2D eigenvalue weighted by Crippen LogP contribution is -2.27. The fourth-order valence-electron chi connectivity index (χ4n) is 0.243. The molecule has 40 valence electrons. The zero-order chi connectivity index (χ0) is 5.54. The molecule has 0 heterocycles. The molecule has 0 aliphatic carbocycles. The molecule has 0 aromatic carbocycles. The second kappa shape index (κ2) is 5.41. The van der Waals surface area contributed by atoms with Gasteiger partial charge in [-0.15, -0.1) is 0 Å². The highest BCUT2D eigenvalue weighted by atomic mass is 15.3. The number of hydrogen-bond acceptors (Lipinski definition) is 3. The minimum absolute atomic E-state index is 0.556. The van der Waals surface area contributed by atoms with Gasteiger partial charge in [0.05, 0.1) is 6.07 Å². The van der Waals surface area contributed by atoms with Gasteiger partial charge < -0.3 is 0 Å². The average molecular weight is 99.1 g/mol. The van der Waals surface area contributed by atoms with E-state index in [1.54, 1.807) is 7.05 Å². The summed E-state index contributed by atoms with van der Waals surface area (Å²) in [4.78, 5) is 0. The van der Waals surface area contributed by atoms with Crippen LogP contribution in [0.1, 0.15) is 6.42 Å². The second-order valence-electron chi connectivity index (χ2n) is 1.08. The van der Waals surface area contributed by atoms with Crippen LogP contribution < -0.4 is 10.9 Å². The van der Waals surface area contributed by atoms with E-state index in [0.29, 0.717) is 13.0 Å². The molecule has 7 heavy (non-hydrogen) atoms. The first-order valence-corrected chi connectivity index (χ1v) is 2.18. The van der Waals surface area contributed by atoms with E-state index >= 15 is 0 Å². The molecular formula is C4H9N3. The molecule has 0 saturated heterocycles. The van der Waals surface area contributed by atoms with Crippen LogP contribution in [0.25, 0.3) is 0 Å². The highest BCUT2D eigenvalue weighted by Gasteiger charge is 1.75. The molecule has 0 bridgehead atoms. The van der Waals surface area contributed by atoms with Crippen LogP contribution in [0, 0.1) is 11.3 Å². The van der Waals surface area contributed by atoms with Crippen LogP contribution in [0.15, 0.2) is 0 Å². The maximum absolute atomic E-state index is 7.98. The van der Waals surface area contributed by atoms with E-state index in [1.807, 2.05) is 6.07 Å². The van der Waals surface area contributed by atoms with Gasteiger partial charge in [0.1, 0.15) is 0 Å². The van der Waals surface area contributed by atoms with E-state index in [-0.39, 0.29) is 0 Å². The summed E-state index contributed by atoms with van der Waals surface area (Å²) < 4.78 is 0. The molecule has 0 rings (SSSR count). The predicted octanol–water partition coefficient (Wildman–Crippen LogP) is -0.376. The molecule has 2 N–H and O–H groups in total. The van der Waals surface area contributed by atoms with E-state index in [9.17, 15) is 0 Å². The monoisotopic (exact) mass is 99.1 g/mol. The molecule has 0 aromatic heterocycles. The summed E-state index contributed by atoms with van der Waals surface area (Å²) in [6.45, 7) is 0.715. The SMILES string of the molecule is CNNCCC#N. The van der Waals surface area contributed by atoms with Gasteiger partial charge in [0, 0.05) is 13.0 Å². The van der Waals surface area contributed by atoms with Crippen LogP contribution >= 0.6 is 0 Å². The Labute approximate surface area is 43.3 Å². The number of hydrogen-bond donors (Lipinski definition) is 2. The van der Waals surface area contributed by atoms with Gasteiger partial charge in [0.15, 0.2) is 0 Å². The molecule has 0 fully saturated rings. The zero-order valence-electron chi connectivity index (χ0n) is 4.36. The quantitative estimate of drug-likeness (QED) is 0.374. The Morgan fingerprint density at radius 1 is 1.71 bits per heavy atom. The molecule has 0 aromatic rings. The van der Waals surface area contributed by atoms with E-state index < -0.39 is 0 Å². The van der Waals surface area contributed by atoms with Gasteiger partial charge in [-0.25, -0.2) is 0 Å². The maximum atomic E-state index is 7.98. The van der Waals surface area contributed by atoms with Crippen LogP contribution in [0.4, 0.5) is 0 Å². The third-order valence-electron chi connectivity index (χ3n) is 0.539. The number of nitriles is 1. The predicted molar refractivity (Wildman–Crippen MR) is 27.3 cm³/mol. The summed E-state index contributed by atoms with van der Waals surface area (Å²) in [5, 5.41) is 7.98. The van der Waals surface area contributed by atoms with Gasteiger partial charge in [-0.3, -0.25) is 10.9 Å². The van der Waals surface area contributed by atoms with Crippen molar-refractivity contribution in [2.75, 3.05) is 13.6 Å². The summed E-state index contributed by atoms with van der Waals surface area (Å²) in [5.74, 6) is 0. The van der Waals surface area contributed by atoms with Crippen molar-refractivity contribution in [1.29, 1.82) is 5.26 Å². The standard InChI is InChI=1S/C4H9N3/c1-6-7-4-2-3-5/h6-7H,2,4H2,1H3. The first-order valence-electron chi connectivity index (χ1n) is 2.18. The number of nitrogens with zero attached hydrogens (tertiary/aromatic N) is 1. The number of nitrogens with one attached hydrogen (secondary N) is 2. The largest absolute Gasteiger partial charge is 0.261 e. The van der Waals surface area contributed by atoms with Gasteiger partial charge in [-0.05, 0) is 7.05 Å². The molecule has 3 nitrogen and oxygen atoms in total. The molecule has 0 saturated carbocycles. The topological polar surface area (TPSA) is 47.8 Å². The molecule has 0 atom stereocenters. The van der Waals surface area contributed by atoms with Crippen LogP contribution in [0.2, 0.25) is 0 Å². The van der Waals surface area contributed by atoms with Crippen molar-refractivity contribution in [1.82, 2.24) is 10.9 Å². The molecule has 0 aliphatic rings. The molecule has 0 amide bonds. The average Bonchev–Trinajstić information content (AvgIpc) is 1.69. The minimum atomic E-state index is 0.556. The van der Waals surface area contributed by atoms with Gasteiger partial charge in [0.2, 0.25) is 0 Å². The molecular weight excluding hydrogens is 90.1 g/mol. The van der Waals surface area contributed by atoms with Crippen molar-refractivity contribution in [2.24, 2.45) is 0 Å². The normalized spacial score (nSPS) is 8.00. The van der Waals surface area contributed by atoms with Crippen molar-refractivity contribution < 1.29 is 0 Å². The highest BCUT2D eigenvalue weighted by molar-refractivity contribution is 4.68. The Hall–Kier alpha value is -0.590. The fraction of sp³-hybridized carbons (Fsp3) is 0.750. The first kappa shape index (κ1) is 6.41. The molecule has 0 unspecified atom stereocenters. The van der Waals surface area contributed by atoms with E-state index in [2.05, 4.69) is 10.9 Å². The van der Waals surface area contributed by atoms with E-state index in [4.69, 9.17) is 5.26 Å². The Bertz CT molecular complexity index is 63.8. The summed E-state index contributed by atoms with van der Waals surface area (Å²) in [6.07, 6.45) is 0.556. The number of hydrazine groups is 1. The maximum Gasteiger partial charge on any atom is 0.0635 e.